The number of rotatable bonds is 8. The summed E-state index contributed by atoms with van der Waals surface area (Å²) >= 11 is 1.42. The second kappa shape index (κ2) is 12.9. The molecule has 0 aliphatic heterocycles. The molecule has 1 aromatic rings. The molecule has 2 atom stereocenters. The molecule has 0 saturated heterocycles. The number of nitrogens with two attached hydrogens (primary N) is 1. The first-order chi connectivity index (χ1) is 11.4. The van der Waals surface area contributed by atoms with Gasteiger partial charge in [0.15, 0.2) is 5.69 Å². The number of nitrogens with one attached hydrogen (secondary N) is 1. The number of carbonyl (C=O) groups is 2. The second-order valence-electron chi connectivity index (χ2n) is 5.63. The fourth-order valence-electron chi connectivity index (χ4n) is 1.71. The molecular formula is C17H31N3O3S. The van der Waals surface area contributed by atoms with Crippen LogP contribution in [0.2, 0.25) is 0 Å². The van der Waals surface area contributed by atoms with Crippen molar-refractivity contribution in [2.75, 3.05) is 13.7 Å². The first-order valence-electron chi connectivity index (χ1n) is 8.47. The second-order valence-corrected chi connectivity index (χ2v) is 6.57. The van der Waals surface area contributed by atoms with E-state index in [2.05, 4.69) is 28.9 Å². The van der Waals surface area contributed by atoms with Crippen LogP contribution in [0.3, 0.4) is 0 Å². The molecule has 24 heavy (non-hydrogen) atoms. The maximum absolute atomic E-state index is 11.8. The molecule has 1 rings (SSSR count). The first kappa shape index (κ1) is 22.5. The highest BCUT2D eigenvalue weighted by atomic mass is 32.1. The maximum Gasteiger partial charge on any atom is 0.357 e. The SMILES string of the molecule is CCC.CCC(C)C(N)C(=O)NCCCc1nc(C(=O)OC)cs1. The Morgan fingerprint density at radius 3 is 2.54 bits per heavy atom. The third kappa shape index (κ3) is 8.40. The molecule has 1 aromatic heterocycles. The van der Waals surface area contributed by atoms with E-state index in [1.54, 1.807) is 5.38 Å². The van der Waals surface area contributed by atoms with E-state index in [1.165, 1.54) is 24.9 Å². The van der Waals surface area contributed by atoms with Crippen LogP contribution in [0.4, 0.5) is 0 Å². The van der Waals surface area contributed by atoms with Gasteiger partial charge in [0.25, 0.3) is 0 Å². The summed E-state index contributed by atoms with van der Waals surface area (Å²) in [6.45, 7) is 8.78. The van der Waals surface area contributed by atoms with Gasteiger partial charge in [0, 0.05) is 18.3 Å². The van der Waals surface area contributed by atoms with Crippen molar-refractivity contribution < 1.29 is 14.3 Å². The molecule has 1 amide bonds. The fraction of sp³-hybridized carbons (Fsp3) is 0.706. The number of carbonyl (C=O) groups excluding carboxylic acids is 2. The van der Waals surface area contributed by atoms with E-state index in [9.17, 15) is 9.59 Å². The summed E-state index contributed by atoms with van der Waals surface area (Å²) in [5.74, 6) is -0.365. The molecule has 1 heterocycles. The minimum atomic E-state index is -0.458. The van der Waals surface area contributed by atoms with E-state index in [0.29, 0.717) is 18.7 Å². The van der Waals surface area contributed by atoms with E-state index in [4.69, 9.17) is 5.73 Å². The minimum Gasteiger partial charge on any atom is -0.464 e. The molecule has 0 aliphatic carbocycles. The third-order valence-electron chi connectivity index (χ3n) is 3.37. The van der Waals surface area contributed by atoms with Gasteiger partial charge in [0.2, 0.25) is 5.91 Å². The number of amides is 1. The van der Waals surface area contributed by atoms with Crippen molar-refractivity contribution in [2.24, 2.45) is 11.7 Å². The lowest BCUT2D eigenvalue weighted by Gasteiger charge is -2.17. The average Bonchev–Trinajstić information content (AvgIpc) is 3.06. The van der Waals surface area contributed by atoms with Gasteiger partial charge >= 0.3 is 5.97 Å². The van der Waals surface area contributed by atoms with Gasteiger partial charge in [-0.15, -0.1) is 11.3 Å². The Morgan fingerprint density at radius 2 is 2.00 bits per heavy atom. The molecule has 6 nitrogen and oxygen atoms in total. The molecule has 0 spiro atoms. The van der Waals surface area contributed by atoms with E-state index in [0.717, 1.165) is 17.8 Å². The normalized spacial score (nSPS) is 12.6. The lowest BCUT2D eigenvalue weighted by Crippen LogP contribution is -2.44. The lowest BCUT2D eigenvalue weighted by molar-refractivity contribution is -0.123. The molecule has 0 aliphatic rings. The van der Waals surface area contributed by atoms with Gasteiger partial charge in [-0.2, -0.15) is 0 Å². The van der Waals surface area contributed by atoms with Crippen LogP contribution >= 0.6 is 11.3 Å². The zero-order valence-electron chi connectivity index (χ0n) is 15.4. The van der Waals surface area contributed by atoms with Gasteiger partial charge in [-0.1, -0.05) is 40.5 Å². The Morgan fingerprint density at radius 1 is 1.38 bits per heavy atom. The molecule has 0 saturated carbocycles. The number of ether oxygens (including phenoxy) is 1. The number of methoxy groups -OCH3 is 1. The van der Waals surface area contributed by atoms with Gasteiger partial charge in [-0.05, 0) is 12.3 Å². The van der Waals surface area contributed by atoms with Crippen LogP contribution in [0.25, 0.3) is 0 Å². The Labute approximate surface area is 149 Å². The number of aryl methyl sites for hydroxylation is 1. The highest BCUT2D eigenvalue weighted by molar-refractivity contribution is 7.09. The van der Waals surface area contributed by atoms with Crippen molar-refractivity contribution in [1.29, 1.82) is 0 Å². The Bertz CT molecular complexity index is 491. The summed E-state index contributed by atoms with van der Waals surface area (Å²) in [4.78, 5) is 27.2. The van der Waals surface area contributed by atoms with Crippen molar-refractivity contribution in [1.82, 2.24) is 10.3 Å². The van der Waals surface area contributed by atoms with Crippen LogP contribution < -0.4 is 11.1 Å². The summed E-state index contributed by atoms with van der Waals surface area (Å²) in [5, 5.41) is 5.37. The van der Waals surface area contributed by atoms with Gasteiger partial charge in [0.1, 0.15) is 0 Å². The molecule has 138 valence electrons. The zero-order chi connectivity index (χ0) is 18.5. The molecule has 2 unspecified atom stereocenters. The number of hydrogen-bond acceptors (Lipinski definition) is 6. The minimum absolute atomic E-state index is 0.112. The van der Waals surface area contributed by atoms with Crippen LogP contribution in [0.15, 0.2) is 5.38 Å². The van der Waals surface area contributed by atoms with E-state index >= 15 is 0 Å². The molecule has 0 fully saturated rings. The van der Waals surface area contributed by atoms with E-state index in [1.807, 2.05) is 13.8 Å². The van der Waals surface area contributed by atoms with Crippen LogP contribution in [-0.2, 0) is 16.0 Å². The average molecular weight is 358 g/mol. The van der Waals surface area contributed by atoms with Gasteiger partial charge < -0.3 is 15.8 Å². The quantitative estimate of drug-likeness (QED) is 0.551. The predicted molar refractivity (Wildman–Crippen MR) is 98.2 cm³/mol. The number of thiazole rings is 1. The highest BCUT2D eigenvalue weighted by Crippen LogP contribution is 2.12. The Hall–Kier alpha value is -1.47. The first-order valence-corrected chi connectivity index (χ1v) is 9.35. The zero-order valence-corrected chi connectivity index (χ0v) is 16.2. The maximum atomic E-state index is 11.8. The van der Waals surface area contributed by atoms with Crippen LogP contribution in [-0.4, -0.2) is 36.6 Å². The monoisotopic (exact) mass is 357 g/mol. The van der Waals surface area contributed by atoms with Crippen molar-refractivity contribution in [3.05, 3.63) is 16.1 Å². The molecule has 7 heteroatoms. The number of esters is 1. The number of hydrogen-bond donors (Lipinski definition) is 2. The summed E-state index contributed by atoms with van der Waals surface area (Å²) in [6, 6.07) is -0.458. The van der Waals surface area contributed by atoms with Crippen LogP contribution in [0, 0.1) is 5.92 Å². The van der Waals surface area contributed by atoms with Gasteiger partial charge in [-0.25, -0.2) is 9.78 Å². The van der Waals surface area contributed by atoms with Gasteiger partial charge in [0.05, 0.1) is 18.2 Å². The molecule has 0 bridgehead atoms. The Kier molecular flexibility index (Phi) is 12.1. The Balaban J connectivity index is 0.00000163. The van der Waals surface area contributed by atoms with Crippen molar-refractivity contribution in [2.45, 2.75) is 59.4 Å². The largest absolute Gasteiger partial charge is 0.464 e. The highest BCUT2D eigenvalue weighted by Gasteiger charge is 2.18. The van der Waals surface area contributed by atoms with Gasteiger partial charge in [-0.3, -0.25) is 4.79 Å². The lowest BCUT2D eigenvalue weighted by atomic mass is 9.99. The predicted octanol–water partition coefficient (Wildman–Crippen LogP) is 2.77. The summed E-state index contributed by atoms with van der Waals surface area (Å²) in [7, 11) is 1.33. The number of nitrogens with zero attached hydrogens (tertiary/aromatic N) is 1. The van der Waals surface area contributed by atoms with E-state index in [-0.39, 0.29) is 11.8 Å². The van der Waals surface area contributed by atoms with Crippen molar-refractivity contribution >= 4 is 23.2 Å². The molecule has 0 radical (unpaired) electrons. The molecular weight excluding hydrogens is 326 g/mol. The summed E-state index contributed by atoms with van der Waals surface area (Å²) in [5.41, 5.74) is 6.18. The topological polar surface area (TPSA) is 94.3 Å². The van der Waals surface area contributed by atoms with Crippen molar-refractivity contribution in [3.63, 3.8) is 0 Å². The molecule has 3 N–H and O–H groups in total. The summed E-state index contributed by atoms with van der Waals surface area (Å²) < 4.78 is 4.60. The third-order valence-corrected chi connectivity index (χ3v) is 4.28. The molecule has 0 aromatic carbocycles. The van der Waals surface area contributed by atoms with Crippen molar-refractivity contribution in [3.8, 4) is 0 Å². The van der Waals surface area contributed by atoms with Crippen LogP contribution in [0.5, 0.6) is 0 Å². The number of aromatic nitrogens is 1. The summed E-state index contributed by atoms with van der Waals surface area (Å²) in [6.07, 6.45) is 3.59. The van der Waals surface area contributed by atoms with Crippen LogP contribution in [0.1, 0.15) is 62.5 Å². The standard InChI is InChI=1S/C14H23N3O3S.C3H8/c1-4-9(2)12(15)13(18)16-7-5-6-11-17-10(8-21-11)14(19)20-3;1-3-2/h8-9,12H,4-7,15H2,1-3H3,(H,16,18);3H2,1-2H3. The fourth-order valence-corrected chi connectivity index (χ4v) is 2.52. The smallest absolute Gasteiger partial charge is 0.357 e. The van der Waals surface area contributed by atoms with E-state index < -0.39 is 12.0 Å².